The third kappa shape index (κ3) is 1.53. The Morgan fingerprint density at radius 3 is 2.36 bits per heavy atom. The number of hydrogen-bond acceptors (Lipinski definition) is 3. The molecule has 14 heavy (non-hydrogen) atoms. The zero-order chi connectivity index (χ0) is 10.3. The monoisotopic (exact) mass is 198 g/mol. The Labute approximate surface area is 84.1 Å². The van der Waals surface area contributed by atoms with Crippen molar-refractivity contribution in [2.24, 2.45) is 5.73 Å². The lowest BCUT2D eigenvalue weighted by atomic mass is 9.99. The van der Waals surface area contributed by atoms with Gasteiger partial charge in [-0.3, -0.25) is 4.79 Å². The molecule has 2 aliphatic heterocycles. The molecule has 0 radical (unpaired) electrons. The summed E-state index contributed by atoms with van der Waals surface area (Å²) < 4.78 is 0. The van der Waals surface area contributed by atoms with Crippen LogP contribution in [0.15, 0.2) is 0 Å². The van der Waals surface area contributed by atoms with E-state index in [4.69, 9.17) is 5.73 Å². The molecule has 2 bridgehead atoms. The van der Waals surface area contributed by atoms with Crippen LogP contribution in [-0.4, -0.2) is 40.1 Å². The molecule has 4 heteroatoms. The summed E-state index contributed by atoms with van der Waals surface area (Å²) in [5, 5.41) is 9.56. The number of nitrogens with two attached hydrogens (primary N) is 1. The molecule has 0 spiro atoms. The van der Waals surface area contributed by atoms with Crippen LogP contribution in [0.2, 0.25) is 0 Å². The summed E-state index contributed by atoms with van der Waals surface area (Å²) in [5.41, 5.74) is 5.60. The number of carbonyl (C=O) groups is 1. The van der Waals surface area contributed by atoms with Gasteiger partial charge >= 0.3 is 0 Å². The van der Waals surface area contributed by atoms with Crippen LogP contribution >= 0.6 is 0 Å². The number of rotatable bonds is 1. The van der Waals surface area contributed by atoms with Gasteiger partial charge in [-0.1, -0.05) is 0 Å². The summed E-state index contributed by atoms with van der Waals surface area (Å²) in [6, 6.07) is 0.0674. The number of amides is 1. The Balaban J connectivity index is 2.11. The molecule has 3 atom stereocenters. The molecule has 2 rings (SSSR count). The van der Waals surface area contributed by atoms with E-state index in [2.05, 4.69) is 0 Å². The maximum Gasteiger partial charge on any atom is 0.239 e. The van der Waals surface area contributed by atoms with Gasteiger partial charge in [-0.2, -0.15) is 0 Å². The van der Waals surface area contributed by atoms with Crippen LogP contribution in [0.25, 0.3) is 0 Å². The quantitative estimate of drug-likeness (QED) is 0.615. The molecule has 0 saturated carbocycles. The first kappa shape index (κ1) is 9.93. The Morgan fingerprint density at radius 2 is 1.93 bits per heavy atom. The molecule has 0 aromatic carbocycles. The standard InChI is InChI=1S/C10H18N2O2/c1-6(11)10(14)12-7-2-3-8(12)5-9(13)4-7/h6-9,13H,2-5,11H2,1H3. The Bertz CT molecular complexity index is 228. The molecule has 3 N–H and O–H groups in total. The van der Waals surface area contributed by atoms with E-state index in [9.17, 15) is 9.90 Å². The van der Waals surface area contributed by atoms with Gasteiger partial charge in [0.25, 0.3) is 0 Å². The summed E-state index contributed by atoms with van der Waals surface area (Å²) in [5.74, 6) is 0.0457. The van der Waals surface area contributed by atoms with Crippen molar-refractivity contribution >= 4 is 5.91 Å². The third-order valence-electron chi connectivity index (χ3n) is 3.35. The number of aliphatic hydroxyl groups is 1. The van der Waals surface area contributed by atoms with E-state index in [0.717, 1.165) is 25.7 Å². The number of carbonyl (C=O) groups excluding carboxylic acids is 1. The van der Waals surface area contributed by atoms with Gasteiger partial charge in [0.1, 0.15) is 0 Å². The molecule has 2 saturated heterocycles. The first-order chi connectivity index (χ1) is 6.59. The first-order valence-electron chi connectivity index (χ1n) is 5.35. The molecule has 80 valence electrons. The Morgan fingerprint density at radius 1 is 1.43 bits per heavy atom. The Kier molecular flexibility index (Phi) is 2.49. The van der Waals surface area contributed by atoms with Crippen LogP contribution in [0.5, 0.6) is 0 Å². The van der Waals surface area contributed by atoms with Gasteiger partial charge in [0, 0.05) is 12.1 Å². The van der Waals surface area contributed by atoms with E-state index in [1.54, 1.807) is 6.92 Å². The van der Waals surface area contributed by atoms with E-state index in [0.29, 0.717) is 0 Å². The second kappa shape index (κ2) is 3.51. The fourth-order valence-corrected chi connectivity index (χ4v) is 2.74. The lowest BCUT2D eigenvalue weighted by molar-refractivity contribution is -0.138. The number of nitrogens with zero attached hydrogens (tertiary/aromatic N) is 1. The summed E-state index contributed by atoms with van der Waals surface area (Å²) in [4.78, 5) is 13.7. The van der Waals surface area contributed by atoms with Gasteiger partial charge in [-0.15, -0.1) is 0 Å². The first-order valence-corrected chi connectivity index (χ1v) is 5.35. The topological polar surface area (TPSA) is 66.6 Å². The maximum absolute atomic E-state index is 11.8. The maximum atomic E-state index is 11.8. The molecule has 2 heterocycles. The average molecular weight is 198 g/mol. The van der Waals surface area contributed by atoms with Gasteiger partial charge < -0.3 is 15.7 Å². The van der Waals surface area contributed by atoms with Gasteiger partial charge in [0.05, 0.1) is 12.1 Å². The number of fused-ring (bicyclic) bond motifs is 2. The molecule has 4 nitrogen and oxygen atoms in total. The van der Waals surface area contributed by atoms with Gasteiger partial charge in [0.15, 0.2) is 0 Å². The van der Waals surface area contributed by atoms with Crippen molar-refractivity contribution in [1.29, 1.82) is 0 Å². The normalized spacial score (nSPS) is 38.5. The summed E-state index contributed by atoms with van der Waals surface area (Å²) in [6.45, 7) is 1.73. The zero-order valence-electron chi connectivity index (χ0n) is 8.52. The molecule has 2 fully saturated rings. The van der Waals surface area contributed by atoms with Gasteiger partial charge in [0.2, 0.25) is 5.91 Å². The lowest BCUT2D eigenvalue weighted by Crippen LogP contribution is -2.52. The van der Waals surface area contributed by atoms with Crippen molar-refractivity contribution in [2.75, 3.05) is 0 Å². The fraction of sp³-hybridized carbons (Fsp3) is 0.900. The molecular weight excluding hydrogens is 180 g/mol. The SMILES string of the molecule is CC(N)C(=O)N1C2CCC1CC(O)C2. The van der Waals surface area contributed by atoms with Gasteiger partial charge in [-0.25, -0.2) is 0 Å². The van der Waals surface area contributed by atoms with E-state index in [1.807, 2.05) is 4.90 Å². The van der Waals surface area contributed by atoms with Crippen molar-refractivity contribution in [3.8, 4) is 0 Å². The van der Waals surface area contributed by atoms with Gasteiger partial charge in [-0.05, 0) is 32.6 Å². The fourth-order valence-electron chi connectivity index (χ4n) is 2.74. The molecule has 3 unspecified atom stereocenters. The molecule has 0 aliphatic carbocycles. The smallest absolute Gasteiger partial charge is 0.239 e. The second-order valence-corrected chi connectivity index (χ2v) is 4.54. The molecular formula is C10H18N2O2. The van der Waals surface area contributed by atoms with E-state index >= 15 is 0 Å². The van der Waals surface area contributed by atoms with Crippen molar-refractivity contribution in [1.82, 2.24) is 4.90 Å². The van der Waals surface area contributed by atoms with Crippen LogP contribution in [0.1, 0.15) is 32.6 Å². The largest absolute Gasteiger partial charge is 0.393 e. The third-order valence-corrected chi connectivity index (χ3v) is 3.35. The predicted octanol–water partition coefficient (Wildman–Crippen LogP) is -0.152. The van der Waals surface area contributed by atoms with Crippen LogP contribution in [-0.2, 0) is 4.79 Å². The Hall–Kier alpha value is -0.610. The van der Waals surface area contributed by atoms with Crippen molar-refractivity contribution in [3.63, 3.8) is 0 Å². The minimum atomic E-state index is -0.409. The second-order valence-electron chi connectivity index (χ2n) is 4.54. The number of aliphatic hydroxyl groups excluding tert-OH is 1. The predicted molar refractivity (Wildman–Crippen MR) is 52.5 cm³/mol. The summed E-state index contributed by atoms with van der Waals surface area (Å²) >= 11 is 0. The number of hydrogen-bond donors (Lipinski definition) is 2. The van der Waals surface area contributed by atoms with Crippen molar-refractivity contribution in [2.45, 2.75) is 56.8 Å². The number of piperidine rings is 1. The highest BCUT2D eigenvalue weighted by molar-refractivity contribution is 5.82. The van der Waals surface area contributed by atoms with E-state index in [1.165, 1.54) is 0 Å². The highest BCUT2D eigenvalue weighted by Gasteiger charge is 2.43. The van der Waals surface area contributed by atoms with Crippen molar-refractivity contribution in [3.05, 3.63) is 0 Å². The van der Waals surface area contributed by atoms with Crippen LogP contribution in [0.3, 0.4) is 0 Å². The summed E-state index contributed by atoms with van der Waals surface area (Å²) in [6.07, 6.45) is 3.30. The van der Waals surface area contributed by atoms with Crippen molar-refractivity contribution < 1.29 is 9.90 Å². The molecule has 0 aromatic heterocycles. The minimum absolute atomic E-state index is 0.0457. The minimum Gasteiger partial charge on any atom is -0.393 e. The van der Waals surface area contributed by atoms with E-state index in [-0.39, 0.29) is 24.1 Å². The van der Waals surface area contributed by atoms with E-state index < -0.39 is 6.04 Å². The highest BCUT2D eigenvalue weighted by Crippen LogP contribution is 2.35. The summed E-state index contributed by atoms with van der Waals surface area (Å²) in [7, 11) is 0. The molecule has 1 amide bonds. The molecule has 0 aromatic rings. The average Bonchev–Trinajstić information content (AvgIpc) is 2.37. The zero-order valence-corrected chi connectivity index (χ0v) is 8.52. The molecule has 2 aliphatic rings. The van der Waals surface area contributed by atoms with Crippen LogP contribution < -0.4 is 5.73 Å². The lowest BCUT2D eigenvalue weighted by Gasteiger charge is -2.38. The van der Waals surface area contributed by atoms with Crippen LogP contribution in [0.4, 0.5) is 0 Å². The highest BCUT2D eigenvalue weighted by atomic mass is 16.3. The van der Waals surface area contributed by atoms with Crippen LogP contribution in [0, 0.1) is 0 Å².